The summed E-state index contributed by atoms with van der Waals surface area (Å²) in [5.74, 6) is 0.0939. The molecule has 0 aliphatic carbocycles. The van der Waals surface area contributed by atoms with Crippen LogP contribution in [0.5, 0.6) is 0 Å². The number of carbonyl (C=O) groups is 1. The van der Waals surface area contributed by atoms with Crippen molar-refractivity contribution in [3.8, 4) is 0 Å². The Kier molecular flexibility index (Phi) is 3.67. The van der Waals surface area contributed by atoms with Crippen LogP contribution in [0.2, 0.25) is 0 Å². The fourth-order valence-electron chi connectivity index (χ4n) is 2.97. The molecule has 0 aromatic carbocycles. The molecule has 2 aliphatic rings. The Morgan fingerprint density at radius 3 is 2.42 bits per heavy atom. The maximum absolute atomic E-state index is 12.3. The number of carbonyl (C=O) groups excluding carboxylic acids is 1. The third-order valence-electron chi connectivity index (χ3n) is 4.08. The van der Waals surface area contributed by atoms with Crippen LogP contribution in [0.1, 0.15) is 42.6 Å². The number of piperidine rings is 1. The number of pyridine rings is 1. The van der Waals surface area contributed by atoms with Crippen molar-refractivity contribution >= 4 is 11.6 Å². The highest BCUT2D eigenvalue weighted by molar-refractivity contribution is 5.93. The number of nitrogens with zero attached hydrogens (tertiary/aromatic N) is 3. The lowest BCUT2D eigenvalue weighted by atomic mass is 10.1. The Morgan fingerprint density at radius 1 is 1.00 bits per heavy atom. The second-order valence-corrected chi connectivity index (χ2v) is 5.45. The van der Waals surface area contributed by atoms with E-state index in [2.05, 4.69) is 9.88 Å². The van der Waals surface area contributed by atoms with Gasteiger partial charge in [0.25, 0.3) is 5.91 Å². The second kappa shape index (κ2) is 5.59. The summed E-state index contributed by atoms with van der Waals surface area (Å²) in [6.07, 6.45) is 7.83. The lowest BCUT2D eigenvalue weighted by Crippen LogP contribution is -2.31. The number of anilines is 1. The van der Waals surface area contributed by atoms with Crippen LogP contribution in [-0.4, -0.2) is 42.0 Å². The Morgan fingerprint density at radius 2 is 1.68 bits per heavy atom. The SMILES string of the molecule is O=C(c1cc(N2CCCCC2)ccn1)N1CCCC1. The molecular formula is C15H21N3O. The zero-order chi connectivity index (χ0) is 13.1. The quantitative estimate of drug-likeness (QED) is 0.817. The number of likely N-dealkylation sites (tertiary alicyclic amines) is 1. The molecule has 3 rings (SSSR count). The van der Waals surface area contributed by atoms with Gasteiger partial charge in [0.15, 0.2) is 0 Å². The van der Waals surface area contributed by atoms with E-state index >= 15 is 0 Å². The lowest BCUT2D eigenvalue weighted by Gasteiger charge is -2.29. The number of amides is 1. The molecule has 0 spiro atoms. The zero-order valence-electron chi connectivity index (χ0n) is 11.3. The van der Waals surface area contributed by atoms with E-state index in [1.807, 2.05) is 17.0 Å². The minimum absolute atomic E-state index is 0.0939. The fraction of sp³-hybridized carbons (Fsp3) is 0.600. The summed E-state index contributed by atoms with van der Waals surface area (Å²) < 4.78 is 0. The van der Waals surface area contributed by atoms with Gasteiger partial charge in [-0.05, 0) is 44.2 Å². The van der Waals surface area contributed by atoms with E-state index in [1.54, 1.807) is 6.20 Å². The third kappa shape index (κ3) is 2.72. The van der Waals surface area contributed by atoms with Crippen LogP contribution in [0, 0.1) is 0 Å². The van der Waals surface area contributed by atoms with Crippen LogP contribution in [0.4, 0.5) is 5.69 Å². The molecule has 0 bridgehead atoms. The summed E-state index contributed by atoms with van der Waals surface area (Å²) in [6, 6.07) is 3.98. The molecule has 1 aromatic rings. The Balaban J connectivity index is 1.76. The maximum atomic E-state index is 12.3. The monoisotopic (exact) mass is 259 g/mol. The van der Waals surface area contributed by atoms with Gasteiger partial charge in [-0.25, -0.2) is 0 Å². The predicted octanol–water partition coefficient (Wildman–Crippen LogP) is 2.31. The fourth-order valence-corrected chi connectivity index (χ4v) is 2.97. The van der Waals surface area contributed by atoms with E-state index in [4.69, 9.17) is 0 Å². The minimum Gasteiger partial charge on any atom is -0.371 e. The Hall–Kier alpha value is -1.58. The van der Waals surface area contributed by atoms with Crippen LogP contribution in [0.15, 0.2) is 18.3 Å². The van der Waals surface area contributed by atoms with Gasteiger partial charge in [-0.15, -0.1) is 0 Å². The van der Waals surface area contributed by atoms with Crippen molar-refractivity contribution in [1.82, 2.24) is 9.88 Å². The molecule has 0 unspecified atom stereocenters. The van der Waals surface area contributed by atoms with Crippen molar-refractivity contribution in [3.05, 3.63) is 24.0 Å². The summed E-state index contributed by atoms with van der Waals surface area (Å²) in [4.78, 5) is 20.9. The van der Waals surface area contributed by atoms with E-state index in [0.29, 0.717) is 5.69 Å². The number of rotatable bonds is 2. The largest absolute Gasteiger partial charge is 0.371 e. The van der Waals surface area contributed by atoms with Crippen LogP contribution < -0.4 is 4.90 Å². The van der Waals surface area contributed by atoms with Crippen LogP contribution in [-0.2, 0) is 0 Å². The van der Waals surface area contributed by atoms with Gasteiger partial charge in [0, 0.05) is 38.1 Å². The molecule has 3 heterocycles. The molecule has 0 atom stereocenters. The normalized spacial score (nSPS) is 19.8. The molecular weight excluding hydrogens is 238 g/mol. The highest BCUT2D eigenvalue weighted by Crippen LogP contribution is 2.21. The average Bonchev–Trinajstić information content (AvgIpc) is 3.02. The average molecular weight is 259 g/mol. The Bertz CT molecular complexity index is 448. The van der Waals surface area contributed by atoms with Crippen molar-refractivity contribution in [2.45, 2.75) is 32.1 Å². The molecule has 4 nitrogen and oxygen atoms in total. The van der Waals surface area contributed by atoms with Gasteiger partial charge in [-0.2, -0.15) is 0 Å². The van der Waals surface area contributed by atoms with Crippen LogP contribution in [0.3, 0.4) is 0 Å². The van der Waals surface area contributed by atoms with E-state index in [9.17, 15) is 4.79 Å². The molecule has 1 amide bonds. The highest BCUT2D eigenvalue weighted by Gasteiger charge is 2.21. The van der Waals surface area contributed by atoms with Crippen molar-refractivity contribution in [2.75, 3.05) is 31.1 Å². The zero-order valence-corrected chi connectivity index (χ0v) is 11.3. The molecule has 0 radical (unpaired) electrons. The van der Waals surface area contributed by atoms with Gasteiger partial charge in [0.2, 0.25) is 0 Å². The molecule has 102 valence electrons. The van der Waals surface area contributed by atoms with E-state index in [1.165, 1.54) is 19.3 Å². The van der Waals surface area contributed by atoms with E-state index < -0.39 is 0 Å². The van der Waals surface area contributed by atoms with E-state index in [-0.39, 0.29) is 5.91 Å². The summed E-state index contributed by atoms with van der Waals surface area (Å²) in [5, 5.41) is 0. The van der Waals surface area contributed by atoms with Gasteiger partial charge in [0.05, 0.1) is 0 Å². The van der Waals surface area contributed by atoms with Crippen molar-refractivity contribution in [2.24, 2.45) is 0 Å². The number of hydrogen-bond donors (Lipinski definition) is 0. The standard InChI is InChI=1S/C15H21N3O/c19-15(18-10-4-5-11-18)14-12-13(6-7-16-14)17-8-2-1-3-9-17/h6-7,12H,1-5,8-11H2. The smallest absolute Gasteiger partial charge is 0.272 e. The number of aromatic nitrogens is 1. The van der Waals surface area contributed by atoms with Crippen molar-refractivity contribution in [1.29, 1.82) is 0 Å². The van der Waals surface area contributed by atoms with Gasteiger partial charge in [0.1, 0.15) is 5.69 Å². The second-order valence-electron chi connectivity index (χ2n) is 5.45. The molecule has 19 heavy (non-hydrogen) atoms. The van der Waals surface area contributed by atoms with Gasteiger partial charge < -0.3 is 9.80 Å². The summed E-state index contributed by atoms with van der Waals surface area (Å²) >= 11 is 0. The summed E-state index contributed by atoms with van der Waals surface area (Å²) in [6.45, 7) is 3.96. The highest BCUT2D eigenvalue weighted by atomic mass is 16.2. The van der Waals surface area contributed by atoms with Crippen molar-refractivity contribution < 1.29 is 4.79 Å². The predicted molar refractivity (Wildman–Crippen MR) is 75.4 cm³/mol. The number of hydrogen-bond acceptors (Lipinski definition) is 3. The van der Waals surface area contributed by atoms with E-state index in [0.717, 1.165) is 44.7 Å². The Labute approximate surface area is 114 Å². The third-order valence-corrected chi connectivity index (χ3v) is 4.08. The first-order valence-corrected chi connectivity index (χ1v) is 7.35. The first-order chi connectivity index (χ1) is 9.34. The molecule has 0 saturated carbocycles. The summed E-state index contributed by atoms with van der Waals surface area (Å²) in [5.41, 5.74) is 1.75. The molecule has 2 aliphatic heterocycles. The molecule has 2 fully saturated rings. The summed E-state index contributed by atoms with van der Waals surface area (Å²) in [7, 11) is 0. The van der Waals surface area contributed by atoms with Crippen LogP contribution >= 0.6 is 0 Å². The topological polar surface area (TPSA) is 36.4 Å². The first-order valence-electron chi connectivity index (χ1n) is 7.35. The molecule has 0 N–H and O–H groups in total. The van der Waals surface area contributed by atoms with Crippen LogP contribution in [0.25, 0.3) is 0 Å². The minimum atomic E-state index is 0.0939. The molecule has 4 heteroatoms. The van der Waals surface area contributed by atoms with Crippen molar-refractivity contribution in [3.63, 3.8) is 0 Å². The van der Waals surface area contributed by atoms with Gasteiger partial charge in [-0.1, -0.05) is 0 Å². The molecule has 1 aromatic heterocycles. The maximum Gasteiger partial charge on any atom is 0.272 e. The lowest BCUT2D eigenvalue weighted by molar-refractivity contribution is 0.0787. The molecule has 2 saturated heterocycles. The van der Waals surface area contributed by atoms with Gasteiger partial charge >= 0.3 is 0 Å². The van der Waals surface area contributed by atoms with Gasteiger partial charge in [-0.3, -0.25) is 9.78 Å². The first kappa shape index (κ1) is 12.5.